The van der Waals surface area contributed by atoms with Gasteiger partial charge < -0.3 is 4.57 Å². The number of nitrogens with zero attached hydrogens (tertiary/aromatic N) is 1. The first-order valence-corrected chi connectivity index (χ1v) is 5.41. The standard InChI is InChI=1S/C14H13NO2/c1-11-13(10-16)7-8-15(14(11)17)9-12-5-3-2-4-6-12/h2-8,10H,9H2,1H3. The van der Waals surface area contributed by atoms with E-state index in [4.69, 9.17) is 0 Å². The van der Waals surface area contributed by atoms with Gasteiger partial charge in [0, 0.05) is 17.3 Å². The number of hydrogen-bond donors (Lipinski definition) is 0. The Morgan fingerprint density at radius 3 is 2.53 bits per heavy atom. The van der Waals surface area contributed by atoms with Crippen LogP contribution in [0.2, 0.25) is 0 Å². The van der Waals surface area contributed by atoms with Crippen LogP contribution in [0.25, 0.3) is 0 Å². The van der Waals surface area contributed by atoms with Crippen molar-refractivity contribution in [2.45, 2.75) is 13.5 Å². The smallest absolute Gasteiger partial charge is 0.254 e. The fourth-order valence-corrected chi connectivity index (χ4v) is 1.73. The first kappa shape index (κ1) is 11.3. The van der Waals surface area contributed by atoms with Gasteiger partial charge in [-0.1, -0.05) is 30.3 Å². The van der Waals surface area contributed by atoms with Crippen molar-refractivity contribution < 1.29 is 4.79 Å². The minimum absolute atomic E-state index is 0.113. The van der Waals surface area contributed by atoms with Crippen molar-refractivity contribution in [3.8, 4) is 0 Å². The molecule has 0 radical (unpaired) electrons. The molecule has 2 aromatic rings. The highest BCUT2D eigenvalue weighted by molar-refractivity contribution is 5.76. The Hall–Kier alpha value is -2.16. The van der Waals surface area contributed by atoms with Crippen molar-refractivity contribution in [1.82, 2.24) is 4.57 Å². The maximum Gasteiger partial charge on any atom is 0.254 e. The number of rotatable bonds is 3. The van der Waals surface area contributed by atoms with Crippen molar-refractivity contribution in [2.24, 2.45) is 0 Å². The quantitative estimate of drug-likeness (QED) is 0.752. The predicted molar refractivity (Wildman–Crippen MR) is 66.4 cm³/mol. The molecule has 3 nitrogen and oxygen atoms in total. The van der Waals surface area contributed by atoms with Gasteiger partial charge in [-0.3, -0.25) is 9.59 Å². The lowest BCUT2D eigenvalue weighted by Gasteiger charge is -2.07. The summed E-state index contributed by atoms with van der Waals surface area (Å²) in [5, 5.41) is 0. The third-order valence-corrected chi connectivity index (χ3v) is 2.77. The van der Waals surface area contributed by atoms with E-state index >= 15 is 0 Å². The molecular weight excluding hydrogens is 214 g/mol. The lowest BCUT2D eigenvalue weighted by molar-refractivity contribution is 0.112. The molecule has 0 spiro atoms. The number of benzene rings is 1. The summed E-state index contributed by atoms with van der Waals surface area (Å²) in [6.45, 7) is 2.20. The second kappa shape index (κ2) is 4.78. The lowest BCUT2D eigenvalue weighted by atomic mass is 10.1. The fourth-order valence-electron chi connectivity index (χ4n) is 1.73. The molecule has 0 aliphatic carbocycles. The van der Waals surface area contributed by atoms with E-state index in [-0.39, 0.29) is 5.56 Å². The van der Waals surface area contributed by atoms with Gasteiger partial charge in [-0.25, -0.2) is 0 Å². The van der Waals surface area contributed by atoms with E-state index in [1.165, 1.54) is 0 Å². The fraction of sp³-hybridized carbons (Fsp3) is 0.143. The van der Waals surface area contributed by atoms with Crippen molar-refractivity contribution >= 4 is 6.29 Å². The lowest BCUT2D eigenvalue weighted by Crippen LogP contribution is -2.23. The molecule has 0 aliphatic rings. The number of hydrogen-bond acceptors (Lipinski definition) is 2. The maximum atomic E-state index is 12.0. The summed E-state index contributed by atoms with van der Waals surface area (Å²) >= 11 is 0. The largest absolute Gasteiger partial charge is 0.311 e. The number of carbonyl (C=O) groups excluding carboxylic acids is 1. The van der Waals surface area contributed by atoms with Crippen LogP contribution in [0.5, 0.6) is 0 Å². The van der Waals surface area contributed by atoms with E-state index in [9.17, 15) is 9.59 Å². The zero-order valence-electron chi connectivity index (χ0n) is 9.59. The van der Waals surface area contributed by atoms with Crippen LogP contribution < -0.4 is 5.56 Å². The van der Waals surface area contributed by atoms with Crippen LogP contribution in [0.15, 0.2) is 47.4 Å². The van der Waals surface area contributed by atoms with Crippen LogP contribution in [-0.2, 0) is 6.54 Å². The Bertz CT molecular complexity index is 585. The van der Waals surface area contributed by atoms with Crippen molar-refractivity contribution in [3.63, 3.8) is 0 Å². The molecule has 1 heterocycles. The molecule has 86 valence electrons. The molecule has 0 aliphatic heterocycles. The molecule has 0 saturated carbocycles. The molecular formula is C14H13NO2. The average molecular weight is 227 g/mol. The molecule has 2 rings (SSSR count). The summed E-state index contributed by atoms with van der Waals surface area (Å²) in [5.41, 5.74) is 1.91. The molecule has 0 saturated heterocycles. The third-order valence-electron chi connectivity index (χ3n) is 2.77. The molecule has 3 heteroatoms. The van der Waals surface area contributed by atoms with E-state index < -0.39 is 0 Å². The molecule has 0 N–H and O–H groups in total. The Kier molecular flexibility index (Phi) is 3.19. The zero-order chi connectivity index (χ0) is 12.3. The average Bonchev–Trinajstić information content (AvgIpc) is 2.37. The molecule has 0 atom stereocenters. The van der Waals surface area contributed by atoms with Gasteiger partial charge in [0.15, 0.2) is 6.29 Å². The minimum Gasteiger partial charge on any atom is -0.311 e. The third kappa shape index (κ3) is 2.33. The summed E-state index contributed by atoms with van der Waals surface area (Å²) in [6, 6.07) is 11.4. The first-order valence-electron chi connectivity index (χ1n) is 5.41. The van der Waals surface area contributed by atoms with Crippen LogP contribution in [0, 0.1) is 6.92 Å². The minimum atomic E-state index is -0.113. The van der Waals surface area contributed by atoms with Gasteiger partial charge in [0.1, 0.15) is 0 Å². The number of aromatic nitrogens is 1. The predicted octanol–water partition coefficient (Wildman–Crippen LogP) is 2.02. The molecule has 0 fully saturated rings. The summed E-state index contributed by atoms with van der Waals surface area (Å²) in [4.78, 5) is 22.7. The Labute approximate surface area is 99.3 Å². The van der Waals surface area contributed by atoms with Gasteiger partial charge in [0.2, 0.25) is 0 Å². The highest BCUT2D eigenvalue weighted by Gasteiger charge is 2.05. The molecule has 1 aromatic heterocycles. The van der Waals surface area contributed by atoms with Crippen molar-refractivity contribution in [2.75, 3.05) is 0 Å². The highest BCUT2D eigenvalue weighted by atomic mass is 16.1. The molecule has 0 unspecified atom stereocenters. The first-order chi connectivity index (χ1) is 8.22. The second-order valence-corrected chi connectivity index (χ2v) is 3.93. The van der Waals surface area contributed by atoms with Gasteiger partial charge in [0.05, 0.1) is 6.54 Å². The van der Waals surface area contributed by atoms with Crippen LogP contribution in [0.1, 0.15) is 21.5 Å². The number of aldehydes is 1. The summed E-state index contributed by atoms with van der Waals surface area (Å²) in [5.74, 6) is 0. The van der Waals surface area contributed by atoms with Crippen molar-refractivity contribution in [1.29, 1.82) is 0 Å². The topological polar surface area (TPSA) is 39.1 Å². The monoisotopic (exact) mass is 227 g/mol. The van der Waals surface area contributed by atoms with Crippen molar-refractivity contribution in [3.05, 3.63) is 69.6 Å². The number of carbonyl (C=O) groups is 1. The second-order valence-electron chi connectivity index (χ2n) is 3.93. The Balaban J connectivity index is 2.38. The van der Waals surface area contributed by atoms with Gasteiger partial charge in [-0.05, 0) is 18.6 Å². The van der Waals surface area contributed by atoms with Gasteiger partial charge in [-0.2, -0.15) is 0 Å². The summed E-state index contributed by atoms with van der Waals surface area (Å²) < 4.78 is 1.61. The zero-order valence-corrected chi connectivity index (χ0v) is 9.59. The van der Waals surface area contributed by atoms with Crippen LogP contribution >= 0.6 is 0 Å². The van der Waals surface area contributed by atoms with Crippen LogP contribution in [0.4, 0.5) is 0 Å². The maximum absolute atomic E-state index is 12.0. The van der Waals surface area contributed by atoms with E-state index in [1.807, 2.05) is 30.3 Å². The highest BCUT2D eigenvalue weighted by Crippen LogP contribution is 2.03. The Morgan fingerprint density at radius 2 is 1.88 bits per heavy atom. The van der Waals surface area contributed by atoms with E-state index in [0.29, 0.717) is 24.0 Å². The Morgan fingerprint density at radius 1 is 1.18 bits per heavy atom. The van der Waals surface area contributed by atoms with E-state index in [1.54, 1.807) is 23.8 Å². The number of pyridine rings is 1. The van der Waals surface area contributed by atoms with E-state index in [2.05, 4.69) is 0 Å². The molecule has 0 amide bonds. The summed E-state index contributed by atoms with van der Waals surface area (Å²) in [6.07, 6.45) is 2.37. The SMILES string of the molecule is Cc1c(C=O)ccn(Cc2ccccc2)c1=O. The van der Waals surface area contributed by atoms with Crippen LogP contribution in [-0.4, -0.2) is 10.9 Å². The molecule has 1 aromatic carbocycles. The summed E-state index contributed by atoms with van der Waals surface area (Å²) in [7, 11) is 0. The van der Waals surface area contributed by atoms with Gasteiger partial charge in [-0.15, -0.1) is 0 Å². The molecule has 17 heavy (non-hydrogen) atoms. The van der Waals surface area contributed by atoms with Crippen LogP contribution in [0.3, 0.4) is 0 Å². The van der Waals surface area contributed by atoms with Gasteiger partial charge >= 0.3 is 0 Å². The normalized spacial score (nSPS) is 10.2. The van der Waals surface area contributed by atoms with Gasteiger partial charge in [0.25, 0.3) is 5.56 Å². The molecule has 0 bridgehead atoms. The van der Waals surface area contributed by atoms with E-state index in [0.717, 1.165) is 5.56 Å².